The average Bonchev–Trinajstić information content (AvgIpc) is 2.99. The van der Waals surface area contributed by atoms with Crippen molar-refractivity contribution in [1.82, 2.24) is 0 Å². The molecule has 0 heterocycles. The van der Waals surface area contributed by atoms with Gasteiger partial charge in [0.15, 0.2) is 0 Å². The van der Waals surface area contributed by atoms with Crippen molar-refractivity contribution in [2.75, 3.05) is 5.75 Å². The van der Waals surface area contributed by atoms with Gasteiger partial charge >= 0.3 is 5.97 Å². The molecule has 0 radical (unpaired) electrons. The summed E-state index contributed by atoms with van der Waals surface area (Å²) in [4.78, 5) is 11.6. The molecule has 31 heavy (non-hydrogen) atoms. The van der Waals surface area contributed by atoms with Gasteiger partial charge in [0.05, 0.1) is 0 Å². The van der Waals surface area contributed by atoms with E-state index in [4.69, 9.17) is 17.3 Å². The minimum atomic E-state index is -0.931. The molecule has 3 N–H and O–H groups in total. The number of nitrogens with two attached hydrogens (primary N) is 1. The Bertz CT molecular complexity index is 705. The summed E-state index contributed by atoms with van der Waals surface area (Å²) in [6.07, 6.45) is 0. The van der Waals surface area contributed by atoms with Gasteiger partial charge in [-0.25, -0.2) is 0 Å². The summed E-state index contributed by atoms with van der Waals surface area (Å²) < 4.78 is -0.204. The van der Waals surface area contributed by atoms with E-state index < -0.39 is 12.0 Å². The van der Waals surface area contributed by atoms with Crippen LogP contribution in [0.4, 0.5) is 0 Å². The van der Waals surface area contributed by atoms with Gasteiger partial charge in [0.2, 0.25) is 0 Å². The Morgan fingerprint density at radius 2 is 1.35 bits per heavy atom. The molecule has 3 nitrogen and oxygen atoms in total. The molecular formula is C26H42ClNO2S. The fourth-order valence-electron chi connectivity index (χ4n) is 6.54. The third-order valence-electron chi connectivity index (χ3n) is 7.35. The van der Waals surface area contributed by atoms with Gasteiger partial charge in [-0.05, 0) is 65.0 Å². The first kappa shape index (κ1) is 26.5. The Morgan fingerprint density at radius 3 is 1.68 bits per heavy atom. The largest absolute Gasteiger partial charge is 0.480 e. The van der Waals surface area contributed by atoms with Crippen LogP contribution in [-0.2, 0) is 9.54 Å². The topological polar surface area (TPSA) is 63.3 Å². The van der Waals surface area contributed by atoms with Crippen molar-refractivity contribution >= 4 is 29.3 Å². The van der Waals surface area contributed by atoms with E-state index in [-0.39, 0.29) is 4.75 Å². The lowest BCUT2D eigenvalue weighted by atomic mass is 9.70. The van der Waals surface area contributed by atoms with E-state index >= 15 is 0 Å². The second-order valence-electron chi connectivity index (χ2n) is 10.7. The molecule has 0 bridgehead atoms. The number of carboxylic acid groups (broad SMARTS) is 1. The zero-order valence-electron chi connectivity index (χ0n) is 20.4. The van der Waals surface area contributed by atoms with Gasteiger partial charge in [0.1, 0.15) is 6.04 Å². The Kier molecular flexibility index (Phi) is 8.97. The van der Waals surface area contributed by atoms with Crippen LogP contribution in [0.1, 0.15) is 61.0 Å². The molecule has 0 aromatic heterocycles. The van der Waals surface area contributed by atoms with Crippen molar-refractivity contribution < 1.29 is 9.90 Å². The van der Waals surface area contributed by atoms with Gasteiger partial charge in [0.25, 0.3) is 0 Å². The number of hydrogen-bond donors (Lipinski definition) is 2. The highest BCUT2D eigenvalue weighted by atomic mass is 35.5. The van der Waals surface area contributed by atoms with Gasteiger partial charge < -0.3 is 10.8 Å². The summed E-state index contributed by atoms with van der Waals surface area (Å²) in [6, 6.07) is 7.44. The number of carboxylic acids is 1. The van der Waals surface area contributed by atoms with Crippen molar-refractivity contribution in [3.05, 3.63) is 34.9 Å². The van der Waals surface area contributed by atoms with E-state index in [1.807, 2.05) is 12.1 Å². The number of benzene rings is 1. The molecule has 1 aliphatic rings. The van der Waals surface area contributed by atoms with Gasteiger partial charge in [0, 0.05) is 15.5 Å². The number of rotatable bonds is 9. The highest BCUT2D eigenvalue weighted by Crippen LogP contribution is 2.68. The molecule has 1 saturated carbocycles. The highest BCUT2D eigenvalue weighted by molar-refractivity contribution is 8.00. The van der Waals surface area contributed by atoms with Crippen molar-refractivity contribution in [2.45, 2.75) is 66.2 Å². The average molecular weight is 468 g/mol. The van der Waals surface area contributed by atoms with Crippen LogP contribution in [-0.4, -0.2) is 22.9 Å². The fraction of sp³-hybridized carbons (Fsp3) is 0.731. The van der Waals surface area contributed by atoms with Gasteiger partial charge in [-0.1, -0.05) is 79.1 Å². The molecule has 1 aliphatic carbocycles. The molecule has 0 saturated heterocycles. The van der Waals surface area contributed by atoms with E-state index in [9.17, 15) is 9.90 Å². The molecule has 5 atom stereocenters. The van der Waals surface area contributed by atoms with Crippen LogP contribution in [0.5, 0.6) is 0 Å². The number of hydrogen-bond acceptors (Lipinski definition) is 3. The van der Waals surface area contributed by atoms with E-state index in [2.05, 4.69) is 67.5 Å². The maximum atomic E-state index is 11.6. The summed E-state index contributed by atoms with van der Waals surface area (Å²) in [5.41, 5.74) is 7.32. The first-order valence-electron chi connectivity index (χ1n) is 11.7. The van der Waals surface area contributed by atoms with Crippen LogP contribution in [0.15, 0.2) is 24.3 Å². The molecule has 0 aliphatic heterocycles. The number of halogens is 1. The molecule has 1 aromatic rings. The van der Waals surface area contributed by atoms with Gasteiger partial charge in [-0.15, -0.1) is 11.8 Å². The Balaban J connectivity index is 2.82. The third kappa shape index (κ3) is 5.12. The van der Waals surface area contributed by atoms with Gasteiger partial charge in [-0.2, -0.15) is 0 Å². The number of carbonyl (C=O) groups is 1. The maximum absolute atomic E-state index is 11.6. The van der Waals surface area contributed by atoms with E-state index in [0.717, 1.165) is 5.02 Å². The zero-order chi connectivity index (χ0) is 23.7. The Morgan fingerprint density at radius 1 is 0.935 bits per heavy atom. The van der Waals surface area contributed by atoms with Crippen LogP contribution in [0, 0.1) is 47.3 Å². The lowest BCUT2D eigenvalue weighted by Gasteiger charge is -2.46. The van der Waals surface area contributed by atoms with Crippen LogP contribution in [0.2, 0.25) is 5.02 Å². The second kappa shape index (κ2) is 10.5. The standard InChI is InChI=1S/C26H42ClNO2S/c1-14(2)21-22(15(3)4)24(17(7)8)26(23(21)16(5)6,31-13-20(28)25(29)30)18-9-11-19(27)12-10-18/h9-12,14-17,20-24H,13,28H2,1-8H3,(H,29,30). The van der Waals surface area contributed by atoms with Crippen molar-refractivity contribution in [3.63, 3.8) is 0 Å². The molecule has 1 fully saturated rings. The summed E-state index contributed by atoms with van der Waals surface area (Å²) >= 11 is 8.08. The van der Waals surface area contributed by atoms with Crippen molar-refractivity contribution in [2.24, 2.45) is 53.1 Å². The Labute approximate surface area is 198 Å². The van der Waals surface area contributed by atoms with Crippen LogP contribution in [0.25, 0.3) is 0 Å². The Hall–Kier alpha value is -0.710. The minimum Gasteiger partial charge on any atom is -0.480 e. The SMILES string of the molecule is CC(C)C1C(C(C)C)C(C(C)C)C(SCC(N)C(=O)O)(c2ccc(Cl)cc2)C1C(C)C. The van der Waals surface area contributed by atoms with Crippen molar-refractivity contribution in [3.8, 4) is 0 Å². The molecule has 5 heteroatoms. The monoisotopic (exact) mass is 467 g/mol. The smallest absolute Gasteiger partial charge is 0.321 e. The van der Waals surface area contributed by atoms with Crippen LogP contribution < -0.4 is 5.73 Å². The zero-order valence-corrected chi connectivity index (χ0v) is 22.0. The molecule has 0 amide bonds. The second-order valence-corrected chi connectivity index (χ2v) is 12.5. The fourth-order valence-corrected chi connectivity index (χ4v) is 8.81. The number of thioether (sulfide) groups is 1. The van der Waals surface area contributed by atoms with Crippen LogP contribution in [0.3, 0.4) is 0 Å². The summed E-state index contributed by atoms with van der Waals surface area (Å²) in [5, 5.41) is 10.3. The highest BCUT2D eigenvalue weighted by Gasteiger charge is 2.63. The van der Waals surface area contributed by atoms with E-state index in [1.165, 1.54) is 5.56 Å². The summed E-state index contributed by atoms with van der Waals surface area (Å²) in [5.74, 6) is 3.42. The quantitative estimate of drug-likeness (QED) is 0.420. The van der Waals surface area contributed by atoms with Crippen molar-refractivity contribution in [1.29, 1.82) is 0 Å². The normalized spacial score (nSPS) is 30.0. The first-order valence-corrected chi connectivity index (χ1v) is 13.1. The van der Waals surface area contributed by atoms with Crippen LogP contribution >= 0.6 is 23.4 Å². The predicted octanol–water partition coefficient (Wildman–Crippen LogP) is 6.78. The van der Waals surface area contributed by atoms with E-state index in [0.29, 0.717) is 53.1 Å². The van der Waals surface area contributed by atoms with E-state index in [1.54, 1.807) is 11.8 Å². The first-order chi connectivity index (χ1) is 14.4. The van der Waals surface area contributed by atoms with Gasteiger partial charge in [-0.3, -0.25) is 4.79 Å². The molecule has 5 unspecified atom stereocenters. The maximum Gasteiger partial charge on any atom is 0.321 e. The lowest BCUT2D eigenvalue weighted by Crippen LogP contribution is -2.43. The molecule has 1 aromatic carbocycles. The minimum absolute atomic E-state index is 0.204. The lowest BCUT2D eigenvalue weighted by molar-refractivity contribution is -0.137. The summed E-state index contributed by atoms with van der Waals surface area (Å²) in [7, 11) is 0. The third-order valence-corrected chi connectivity index (χ3v) is 9.39. The molecule has 2 rings (SSSR count). The molecule has 0 spiro atoms. The molecule has 176 valence electrons. The summed E-state index contributed by atoms with van der Waals surface area (Å²) in [6.45, 7) is 18.8. The predicted molar refractivity (Wildman–Crippen MR) is 135 cm³/mol. The molecular weight excluding hydrogens is 426 g/mol. The number of aliphatic carboxylic acids is 1.